The number of hydrogen-bond donors (Lipinski definition) is 1. The number of nitrogens with zero attached hydrogens (tertiary/aromatic N) is 3. The van der Waals surface area contributed by atoms with Crippen molar-refractivity contribution in [1.82, 2.24) is 14.8 Å². The van der Waals surface area contributed by atoms with E-state index >= 15 is 0 Å². The molecule has 4 amide bonds. The Bertz CT molecular complexity index is 953. The van der Waals surface area contributed by atoms with Crippen LogP contribution in [0.2, 0.25) is 0 Å². The van der Waals surface area contributed by atoms with Crippen LogP contribution in [0.25, 0.3) is 11.3 Å². The SMILES string of the molecule is CN1C(=O)N(CC(=O)Nc2nc(-c3ccc(Br)cc3)cs2)C(=O)C12CCCCC2. The van der Waals surface area contributed by atoms with Gasteiger partial charge in [0.15, 0.2) is 5.13 Å². The fourth-order valence-corrected chi connectivity index (χ4v) is 5.06. The van der Waals surface area contributed by atoms with Crippen molar-refractivity contribution >= 4 is 50.2 Å². The highest BCUT2D eigenvalue weighted by Crippen LogP contribution is 2.39. The molecule has 1 aliphatic carbocycles. The van der Waals surface area contributed by atoms with E-state index in [0.717, 1.165) is 39.9 Å². The van der Waals surface area contributed by atoms with Gasteiger partial charge in [0, 0.05) is 22.5 Å². The van der Waals surface area contributed by atoms with E-state index in [1.54, 1.807) is 7.05 Å². The second-order valence-corrected chi connectivity index (χ2v) is 9.19. The second kappa shape index (κ2) is 7.87. The Kier molecular flexibility index (Phi) is 5.44. The summed E-state index contributed by atoms with van der Waals surface area (Å²) in [4.78, 5) is 45.1. The average molecular weight is 477 g/mol. The first-order valence-electron chi connectivity index (χ1n) is 9.52. The summed E-state index contributed by atoms with van der Waals surface area (Å²) in [6.07, 6.45) is 4.23. The number of urea groups is 1. The van der Waals surface area contributed by atoms with Gasteiger partial charge in [0.1, 0.15) is 12.1 Å². The van der Waals surface area contributed by atoms with Crippen molar-refractivity contribution < 1.29 is 14.4 Å². The number of aromatic nitrogens is 1. The lowest BCUT2D eigenvalue weighted by atomic mass is 9.81. The molecule has 7 nitrogen and oxygen atoms in total. The first-order valence-corrected chi connectivity index (χ1v) is 11.2. The van der Waals surface area contributed by atoms with Crippen LogP contribution in [-0.2, 0) is 9.59 Å². The van der Waals surface area contributed by atoms with Gasteiger partial charge in [-0.25, -0.2) is 9.78 Å². The Labute approximate surface area is 181 Å². The van der Waals surface area contributed by atoms with Gasteiger partial charge in [0.25, 0.3) is 5.91 Å². The van der Waals surface area contributed by atoms with Crippen LogP contribution >= 0.6 is 27.3 Å². The molecule has 1 aliphatic heterocycles. The molecule has 1 saturated carbocycles. The maximum Gasteiger partial charge on any atom is 0.327 e. The van der Waals surface area contributed by atoms with Crippen LogP contribution in [0.4, 0.5) is 9.93 Å². The number of nitrogens with one attached hydrogen (secondary N) is 1. The van der Waals surface area contributed by atoms with Gasteiger partial charge in [-0.2, -0.15) is 0 Å². The molecule has 9 heteroatoms. The molecule has 0 radical (unpaired) electrons. The molecule has 29 heavy (non-hydrogen) atoms. The van der Waals surface area contributed by atoms with E-state index in [9.17, 15) is 14.4 Å². The number of imide groups is 1. The number of carbonyl (C=O) groups excluding carboxylic acids is 3. The maximum atomic E-state index is 13.0. The zero-order valence-electron chi connectivity index (χ0n) is 16.0. The highest BCUT2D eigenvalue weighted by atomic mass is 79.9. The minimum absolute atomic E-state index is 0.255. The first-order chi connectivity index (χ1) is 13.9. The van der Waals surface area contributed by atoms with E-state index in [0.29, 0.717) is 18.0 Å². The molecular weight excluding hydrogens is 456 g/mol. The molecule has 1 saturated heterocycles. The summed E-state index contributed by atoms with van der Waals surface area (Å²) in [5.74, 6) is -0.681. The molecule has 2 heterocycles. The summed E-state index contributed by atoms with van der Waals surface area (Å²) in [5.41, 5.74) is 0.925. The Morgan fingerprint density at radius 3 is 2.59 bits per heavy atom. The molecular formula is C20H21BrN4O3S. The Hall–Kier alpha value is -2.26. The third-order valence-corrected chi connectivity index (χ3v) is 6.96. The summed E-state index contributed by atoms with van der Waals surface area (Å²) < 4.78 is 0.977. The molecule has 2 fully saturated rings. The van der Waals surface area contributed by atoms with Gasteiger partial charge < -0.3 is 10.2 Å². The van der Waals surface area contributed by atoms with Gasteiger partial charge in [-0.3, -0.25) is 14.5 Å². The largest absolute Gasteiger partial charge is 0.327 e. The standard InChI is InChI=1S/C20H21BrN4O3S/c1-24-19(28)25(17(27)20(24)9-3-2-4-10-20)11-16(26)23-18-22-15(12-29-18)13-5-7-14(21)8-6-13/h5-8,12H,2-4,9-11H2,1H3,(H,22,23,26). The lowest BCUT2D eigenvalue weighted by Crippen LogP contribution is -2.49. The zero-order chi connectivity index (χ0) is 20.6. The molecule has 1 spiro atoms. The highest BCUT2D eigenvalue weighted by Gasteiger charge is 2.55. The molecule has 1 N–H and O–H groups in total. The zero-order valence-corrected chi connectivity index (χ0v) is 18.4. The van der Waals surface area contributed by atoms with Gasteiger partial charge in [-0.1, -0.05) is 47.3 Å². The van der Waals surface area contributed by atoms with Crippen molar-refractivity contribution in [1.29, 1.82) is 0 Å². The number of rotatable bonds is 4. The molecule has 4 rings (SSSR count). The van der Waals surface area contributed by atoms with Crippen LogP contribution in [0.3, 0.4) is 0 Å². The molecule has 1 aromatic heterocycles. The topological polar surface area (TPSA) is 82.6 Å². The number of thiazole rings is 1. The summed E-state index contributed by atoms with van der Waals surface area (Å²) in [7, 11) is 1.66. The molecule has 0 bridgehead atoms. The molecule has 1 aromatic carbocycles. The Morgan fingerprint density at radius 2 is 1.90 bits per heavy atom. The van der Waals surface area contributed by atoms with Gasteiger partial charge in [0.2, 0.25) is 5.91 Å². The molecule has 2 aliphatic rings. The lowest BCUT2D eigenvalue weighted by molar-refractivity contribution is -0.136. The molecule has 152 valence electrons. The van der Waals surface area contributed by atoms with Crippen LogP contribution in [0.5, 0.6) is 0 Å². The number of halogens is 1. The van der Waals surface area contributed by atoms with Gasteiger partial charge in [-0.15, -0.1) is 11.3 Å². The second-order valence-electron chi connectivity index (χ2n) is 7.42. The third-order valence-electron chi connectivity index (χ3n) is 5.68. The first kappa shape index (κ1) is 20.0. The third kappa shape index (κ3) is 3.69. The van der Waals surface area contributed by atoms with E-state index < -0.39 is 17.5 Å². The van der Waals surface area contributed by atoms with Gasteiger partial charge in [-0.05, 0) is 25.0 Å². The van der Waals surface area contributed by atoms with Gasteiger partial charge >= 0.3 is 6.03 Å². The smallest absolute Gasteiger partial charge is 0.313 e. The van der Waals surface area contributed by atoms with Crippen molar-refractivity contribution in [3.8, 4) is 11.3 Å². The van der Waals surface area contributed by atoms with E-state index in [1.807, 2.05) is 29.6 Å². The van der Waals surface area contributed by atoms with E-state index in [4.69, 9.17) is 0 Å². The average Bonchev–Trinajstić information content (AvgIpc) is 3.24. The van der Waals surface area contributed by atoms with E-state index in [1.165, 1.54) is 16.2 Å². The molecule has 2 aromatic rings. The fourth-order valence-electron chi connectivity index (χ4n) is 4.06. The van der Waals surface area contributed by atoms with Crippen molar-refractivity contribution in [2.45, 2.75) is 37.6 Å². The number of carbonyl (C=O) groups is 3. The number of hydrogen-bond acceptors (Lipinski definition) is 5. The van der Waals surface area contributed by atoms with Crippen molar-refractivity contribution in [2.75, 3.05) is 18.9 Å². The summed E-state index contributed by atoms with van der Waals surface area (Å²) in [5, 5.41) is 5.01. The van der Waals surface area contributed by atoms with Crippen molar-refractivity contribution in [2.24, 2.45) is 0 Å². The minimum atomic E-state index is -0.772. The summed E-state index contributed by atoms with van der Waals surface area (Å²) in [6.45, 7) is -0.295. The maximum absolute atomic E-state index is 13.0. The summed E-state index contributed by atoms with van der Waals surface area (Å²) in [6, 6.07) is 7.32. The normalized spacial score (nSPS) is 18.6. The monoisotopic (exact) mass is 476 g/mol. The molecule has 0 atom stereocenters. The van der Waals surface area contributed by atoms with E-state index in [-0.39, 0.29) is 12.5 Å². The predicted molar refractivity (Wildman–Crippen MR) is 115 cm³/mol. The van der Waals surface area contributed by atoms with Crippen LogP contribution in [0.1, 0.15) is 32.1 Å². The van der Waals surface area contributed by atoms with E-state index in [2.05, 4.69) is 26.2 Å². The number of benzene rings is 1. The van der Waals surface area contributed by atoms with Crippen LogP contribution in [-0.4, -0.2) is 51.8 Å². The van der Waals surface area contributed by atoms with Crippen molar-refractivity contribution in [3.05, 3.63) is 34.1 Å². The predicted octanol–water partition coefficient (Wildman–Crippen LogP) is 4.11. The highest BCUT2D eigenvalue weighted by molar-refractivity contribution is 9.10. The van der Waals surface area contributed by atoms with Crippen LogP contribution in [0.15, 0.2) is 34.1 Å². The lowest BCUT2D eigenvalue weighted by Gasteiger charge is -2.35. The Balaban J connectivity index is 1.43. The van der Waals surface area contributed by atoms with Crippen LogP contribution < -0.4 is 5.32 Å². The van der Waals surface area contributed by atoms with Crippen LogP contribution in [0, 0.1) is 0 Å². The molecule has 0 unspecified atom stereocenters. The Morgan fingerprint density at radius 1 is 1.21 bits per heavy atom. The number of anilines is 1. The fraction of sp³-hybridized carbons (Fsp3) is 0.400. The van der Waals surface area contributed by atoms with Gasteiger partial charge in [0.05, 0.1) is 5.69 Å². The number of likely N-dealkylation sites (N-methyl/N-ethyl adjacent to an activating group) is 1. The summed E-state index contributed by atoms with van der Waals surface area (Å²) >= 11 is 4.70. The minimum Gasteiger partial charge on any atom is -0.313 e. The quantitative estimate of drug-likeness (QED) is 0.673. The van der Waals surface area contributed by atoms with Crippen molar-refractivity contribution in [3.63, 3.8) is 0 Å². The number of amides is 4.